The van der Waals surface area contributed by atoms with Crippen LogP contribution in [0.2, 0.25) is 0 Å². The van der Waals surface area contributed by atoms with Gasteiger partial charge in [0, 0.05) is 25.2 Å². The van der Waals surface area contributed by atoms with Gasteiger partial charge < -0.3 is 4.90 Å². The number of tetrazole rings is 1. The molecule has 0 spiro atoms. The minimum absolute atomic E-state index is 0.322. The van der Waals surface area contributed by atoms with Crippen molar-refractivity contribution < 1.29 is 0 Å². The quantitative estimate of drug-likeness (QED) is 0.543. The first-order valence-corrected chi connectivity index (χ1v) is 7.98. The van der Waals surface area contributed by atoms with Gasteiger partial charge in [0.05, 0.1) is 0 Å². The molecule has 0 N–H and O–H groups in total. The van der Waals surface area contributed by atoms with E-state index in [1.807, 2.05) is 36.5 Å². The minimum atomic E-state index is 0.322. The SMILES string of the molecule is c1ccn2c(C3CCCN(c4ccc5nnnn5n4)C3)nnc2c1. The average Bonchev–Trinajstić information content (AvgIpc) is 3.28. The summed E-state index contributed by atoms with van der Waals surface area (Å²) in [7, 11) is 0. The zero-order chi connectivity index (χ0) is 15.9. The summed E-state index contributed by atoms with van der Waals surface area (Å²) in [6.45, 7) is 1.82. The Morgan fingerprint density at radius 1 is 1.00 bits per heavy atom. The Labute approximate surface area is 136 Å². The Bertz CT molecular complexity index is 1000. The van der Waals surface area contributed by atoms with Crippen LogP contribution in [-0.4, -0.2) is 52.9 Å². The van der Waals surface area contributed by atoms with E-state index in [0.29, 0.717) is 11.6 Å². The van der Waals surface area contributed by atoms with Gasteiger partial charge in [-0.05, 0) is 47.5 Å². The molecule has 5 heterocycles. The molecule has 0 saturated carbocycles. The zero-order valence-corrected chi connectivity index (χ0v) is 12.9. The number of aromatic nitrogens is 8. The highest BCUT2D eigenvalue weighted by Gasteiger charge is 2.26. The Morgan fingerprint density at radius 2 is 2.00 bits per heavy atom. The van der Waals surface area contributed by atoms with Crippen LogP contribution in [0.5, 0.6) is 0 Å². The fourth-order valence-electron chi connectivity index (χ4n) is 3.34. The molecular formula is C15H15N9. The van der Waals surface area contributed by atoms with E-state index in [4.69, 9.17) is 0 Å². The summed E-state index contributed by atoms with van der Waals surface area (Å²) < 4.78 is 3.54. The number of pyridine rings is 1. The van der Waals surface area contributed by atoms with E-state index in [2.05, 4.69) is 40.1 Å². The maximum atomic E-state index is 4.50. The Kier molecular flexibility index (Phi) is 2.90. The number of fused-ring (bicyclic) bond motifs is 2. The summed E-state index contributed by atoms with van der Waals surface area (Å²) in [5.41, 5.74) is 1.54. The lowest BCUT2D eigenvalue weighted by molar-refractivity contribution is 0.483. The molecule has 9 nitrogen and oxygen atoms in total. The van der Waals surface area contributed by atoms with Crippen LogP contribution in [0.4, 0.5) is 5.82 Å². The van der Waals surface area contributed by atoms with Crippen molar-refractivity contribution in [1.29, 1.82) is 0 Å². The number of piperidine rings is 1. The predicted molar refractivity (Wildman–Crippen MR) is 85.8 cm³/mol. The van der Waals surface area contributed by atoms with Gasteiger partial charge in [0.25, 0.3) is 0 Å². The number of hydrogen-bond acceptors (Lipinski definition) is 7. The largest absolute Gasteiger partial charge is 0.354 e. The fraction of sp³-hybridized carbons (Fsp3) is 0.333. The van der Waals surface area contributed by atoms with Crippen molar-refractivity contribution in [2.24, 2.45) is 0 Å². The predicted octanol–water partition coefficient (Wildman–Crippen LogP) is 0.946. The molecule has 24 heavy (non-hydrogen) atoms. The number of hydrogen-bond donors (Lipinski definition) is 0. The van der Waals surface area contributed by atoms with E-state index < -0.39 is 0 Å². The standard InChI is InChI=1S/C15H15N9/c1-2-9-23-12(5-1)16-18-15(23)11-4-3-8-22(10-11)14-7-6-13-17-20-21-24(13)19-14/h1-2,5-7,9,11H,3-4,8,10H2. The first-order valence-electron chi connectivity index (χ1n) is 7.98. The van der Waals surface area contributed by atoms with Crippen molar-refractivity contribution in [2.45, 2.75) is 18.8 Å². The minimum Gasteiger partial charge on any atom is -0.354 e. The van der Waals surface area contributed by atoms with Crippen LogP contribution in [0.3, 0.4) is 0 Å². The molecule has 4 aromatic heterocycles. The molecule has 0 radical (unpaired) electrons. The molecule has 9 heteroatoms. The monoisotopic (exact) mass is 321 g/mol. The normalized spacial score (nSPS) is 18.5. The smallest absolute Gasteiger partial charge is 0.200 e. The fourth-order valence-corrected chi connectivity index (χ4v) is 3.34. The van der Waals surface area contributed by atoms with E-state index in [1.54, 1.807) is 0 Å². The Balaban J connectivity index is 1.47. The van der Waals surface area contributed by atoms with Crippen molar-refractivity contribution in [3.63, 3.8) is 0 Å². The lowest BCUT2D eigenvalue weighted by Crippen LogP contribution is -2.36. The molecule has 1 aliphatic rings. The number of anilines is 1. The maximum absolute atomic E-state index is 4.50. The molecule has 0 bridgehead atoms. The number of nitrogens with zero attached hydrogens (tertiary/aromatic N) is 9. The van der Waals surface area contributed by atoms with Crippen LogP contribution in [0.1, 0.15) is 24.6 Å². The molecule has 1 atom stereocenters. The van der Waals surface area contributed by atoms with Crippen molar-refractivity contribution in [3.05, 3.63) is 42.4 Å². The maximum Gasteiger partial charge on any atom is 0.200 e. The molecule has 1 unspecified atom stereocenters. The van der Waals surface area contributed by atoms with Crippen LogP contribution < -0.4 is 4.90 Å². The van der Waals surface area contributed by atoms with Gasteiger partial charge in [-0.1, -0.05) is 6.07 Å². The van der Waals surface area contributed by atoms with Gasteiger partial charge in [-0.25, -0.2) is 0 Å². The Hall–Kier alpha value is -3.10. The van der Waals surface area contributed by atoms with Crippen molar-refractivity contribution in [1.82, 2.24) is 39.9 Å². The molecular weight excluding hydrogens is 306 g/mol. The summed E-state index contributed by atoms with van der Waals surface area (Å²) in [4.78, 5) is 2.26. The topological polar surface area (TPSA) is 89.4 Å². The highest BCUT2D eigenvalue weighted by molar-refractivity contribution is 5.45. The van der Waals surface area contributed by atoms with Crippen LogP contribution in [0.25, 0.3) is 11.3 Å². The second kappa shape index (κ2) is 5.22. The summed E-state index contributed by atoms with van der Waals surface area (Å²) in [6.07, 6.45) is 4.20. The van der Waals surface area contributed by atoms with Gasteiger partial charge in [-0.3, -0.25) is 4.40 Å². The third kappa shape index (κ3) is 2.08. The third-order valence-electron chi connectivity index (χ3n) is 4.51. The van der Waals surface area contributed by atoms with Gasteiger partial charge in [0.2, 0.25) is 0 Å². The van der Waals surface area contributed by atoms with Crippen LogP contribution in [-0.2, 0) is 0 Å². The molecule has 4 aromatic rings. The van der Waals surface area contributed by atoms with Crippen LogP contribution in [0, 0.1) is 0 Å². The molecule has 0 aromatic carbocycles. The lowest BCUT2D eigenvalue weighted by atomic mass is 9.97. The molecule has 1 fully saturated rings. The zero-order valence-electron chi connectivity index (χ0n) is 12.9. The van der Waals surface area contributed by atoms with Crippen molar-refractivity contribution in [3.8, 4) is 0 Å². The van der Waals surface area contributed by atoms with Crippen molar-refractivity contribution >= 4 is 17.1 Å². The Morgan fingerprint density at radius 3 is 3.00 bits per heavy atom. The molecule has 0 aliphatic carbocycles. The molecule has 1 aliphatic heterocycles. The van der Waals surface area contributed by atoms with Gasteiger partial charge in [0.1, 0.15) is 5.82 Å². The molecule has 120 valence electrons. The third-order valence-corrected chi connectivity index (χ3v) is 4.51. The lowest BCUT2D eigenvalue weighted by Gasteiger charge is -2.32. The van der Waals surface area contributed by atoms with E-state index in [0.717, 1.165) is 43.2 Å². The van der Waals surface area contributed by atoms with Gasteiger partial charge in [-0.15, -0.1) is 25.0 Å². The average molecular weight is 321 g/mol. The molecule has 0 amide bonds. The first kappa shape index (κ1) is 13.3. The molecule has 5 rings (SSSR count). The summed E-state index contributed by atoms with van der Waals surface area (Å²) >= 11 is 0. The van der Waals surface area contributed by atoms with E-state index in [9.17, 15) is 0 Å². The second-order valence-corrected chi connectivity index (χ2v) is 5.99. The second-order valence-electron chi connectivity index (χ2n) is 5.99. The first-order chi connectivity index (χ1) is 11.9. The van der Waals surface area contributed by atoms with Crippen LogP contribution in [0.15, 0.2) is 36.5 Å². The highest BCUT2D eigenvalue weighted by Crippen LogP contribution is 2.28. The van der Waals surface area contributed by atoms with Gasteiger partial charge in [0.15, 0.2) is 17.1 Å². The molecule has 1 saturated heterocycles. The van der Waals surface area contributed by atoms with Crippen molar-refractivity contribution in [2.75, 3.05) is 18.0 Å². The van der Waals surface area contributed by atoms with E-state index in [-0.39, 0.29) is 0 Å². The summed E-state index contributed by atoms with van der Waals surface area (Å²) in [5.74, 6) is 2.22. The highest BCUT2D eigenvalue weighted by atomic mass is 15.6. The van der Waals surface area contributed by atoms with Gasteiger partial charge in [-0.2, -0.15) is 0 Å². The van der Waals surface area contributed by atoms with Crippen LogP contribution >= 0.6 is 0 Å². The summed E-state index contributed by atoms with van der Waals surface area (Å²) in [6, 6.07) is 9.82. The van der Waals surface area contributed by atoms with Gasteiger partial charge >= 0.3 is 0 Å². The number of rotatable bonds is 2. The van der Waals surface area contributed by atoms with E-state index >= 15 is 0 Å². The summed E-state index contributed by atoms with van der Waals surface area (Å²) in [5, 5.41) is 24.6. The van der Waals surface area contributed by atoms with E-state index in [1.165, 1.54) is 4.63 Å².